The molecular weight excluding hydrogens is 659 g/mol. The predicted molar refractivity (Wildman–Crippen MR) is 187 cm³/mol. The quantitative estimate of drug-likeness (QED) is 0.153. The number of fused-ring (bicyclic) bond motifs is 3. The largest absolute Gasteiger partial charge is 0.493 e. The highest BCUT2D eigenvalue weighted by molar-refractivity contribution is 7.23. The van der Waals surface area contributed by atoms with Crippen molar-refractivity contribution in [1.82, 2.24) is 25.1 Å². The van der Waals surface area contributed by atoms with E-state index in [1.54, 1.807) is 19.2 Å². The van der Waals surface area contributed by atoms with Crippen LogP contribution in [0.25, 0.3) is 32.0 Å². The molecule has 8 rings (SSSR count). The van der Waals surface area contributed by atoms with Gasteiger partial charge in [-0.25, -0.2) is 13.8 Å². The van der Waals surface area contributed by atoms with Gasteiger partial charge in [-0.2, -0.15) is 0 Å². The van der Waals surface area contributed by atoms with Crippen LogP contribution >= 0.6 is 11.3 Å². The molecule has 9 nitrogen and oxygen atoms in total. The number of pyridine rings is 2. The first-order valence-corrected chi connectivity index (χ1v) is 17.5. The van der Waals surface area contributed by atoms with E-state index in [0.29, 0.717) is 77.9 Å². The molecule has 6 aromatic rings. The van der Waals surface area contributed by atoms with Crippen LogP contribution in [0, 0.1) is 18.6 Å². The Morgan fingerprint density at radius 2 is 1.96 bits per heavy atom. The van der Waals surface area contributed by atoms with E-state index in [0.717, 1.165) is 44.5 Å². The zero-order valence-electron chi connectivity index (χ0n) is 27.8. The van der Waals surface area contributed by atoms with Gasteiger partial charge in [0.2, 0.25) is 11.8 Å². The molecule has 4 aromatic heterocycles. The van der Waals surface area contributed by atoms with E-state index in [9.17, 15) is 13.6 Å². The van der Waals surface area contributed by atoms with Crippen LogP contribution in [0.3, 0.4) is 0 Å². The molecule has 1 N–H and O–H groups in total. The summed E-state index contributed by atoms with van der Waals surface area (Å²) in [4.78, 5) is 26.6. The van der Waals surface area contributed by atoms with Crippen molar-refractivity contribution in [3.05, 3.63) is 106 Å². The average Bonchev–Trinajstić information content (AvgIpc) is 3.90. The molecule has 2 aliphatic rings. The molecule has 254 valence electrons. The number of aromatic nitrogens is 4. The van der Waals surface area contributed by atoms with Gasteiger partial charge in [0.1, 0.15) is 11.6 Å². The number of hydrogen-bond acceptors (Lipinski definition) is 9. The van der Waals surface area contributed by atoms with Gasteiger partial charge in [-0.05, 0) is 78.9 Å². The molecule has 1 unspecified atom stereocenters. The van der Waals surface area contributed by atoms with E-state index in [1.807, 2.05) is 30.0 Å². The zero-order valence-corrected chi connectivity index (χ0v) is 28.7. The van der Waals surface area contributed by atoms with E-state index in [4.69, 9.17) is 19.1 Å². The highest BCUT2D eigenvalue weighted by Gasteiger charge is 2.37. The molecule has 0 bridgehead atoms. The van der Waals surface area contributed by atoms with Crippen LogP contribution in [0.5, 0.6) is 5.75 Å². The molecule has 0 saturated carbocycles. The van der Waals surface area contributed by atoms with Gasteiger partial charge in [-0.15, -0.1) is 21.5 Å². The summed E-state index contributed by atoms with van der Waals surface area (Å²) in [5.74, 6) is 0.913. The summed E-state index contributed by atoms with van der Waals surface area (Å²) >= 11 is 1.53. The number of benzene rings is 2. The Kier molecular flexibility index (Phi) is 8.26. The Balaban J connectivity index is 1.27. The molecule has 1 aliphatic heterocycles. The molecule has 5 heterocycles. The maximum atomic E-state index is 14.5. The van der Waals surface area contributed by atoms with E-state index >= 15 is 0 Å². The van der Waals surface area contributed by atoms with Crippen molar-refractivity contribution in [2.45, 2.75) is 58.5 Å². The SMILES string of the molecule is CCCN1Cc2nc(CCc3cccc(F)c3)c(-c3nnc(C)o3)c(-c3cc4ccnc(NC5CCc6c5ccc(F)c6OC)c4s3)c2C1=O. The second-order valence-corrected chi connectivity index (χ2v) is 13.7. The summed E-state index contributed by atoms with van der Waals surface area (Å²) in [6, 6.07) is 13.8. The summed E-state index contributed by atoms with van der Waals surface area (Å²) in [6.07, 6.45) is 5.01. The first kappa shape index (κ1) is 32.0. The molecule has 2 aromatic carbocycles. The van der Waals surface area contributed by atoms with Crippen molar-refractivity contribution in [3.63, 3.8) is 0 Å². The second kappa shape index (κ2) is 12.9. The fourth-order valence-electron chi connectivity index (χ4n) is 7.27. The molecule has 0 spiro atoms. The number of halogens is 2. The number of thiophene rings is 1. The van der Waals surface area contributed by atoms with E-state index < -0.39 is 0 Å². The van der Waals surface area contributed by atoms with Crippen molar-refractivity contribution in [3.8, 4) is 27.6 Å². The number of methoxy groups -OCH3 is 1. The lowest BCUT2D eigenvalue weighted by Gasteiger charge is -2.16. The maximum Gasteiger partial charge on any atom is 0.256 e. The third-order valence-electron chi connectivity index (χ3n) is 9.46. The molecule has 0 fully saturated rings. The number of hydrogen-bond donors (Lipinski definition) is 1. The van der Waals surface area contributed by atoms with Gasteiger partial charge in [0, 0.05) is 35.7 Å². The van der Waals surface area contributed by atoms with Crippen LogP contribution in [0.15, 0.2) is 59.1 Å². The maximum absolute atomic E-state index is 14.5. The highest BCUT2D eigenvalue weighted by Crippen LogP contribution is 2.47. The van der Waals surface area contributed by atoms with E-state index in [-0.39, 0.29) is 29.5 Å². The van der Waals surface area contributed by atoms with Gasteiger partial charge in [0.05, 0.1) is 46.9 Å². The van der Waals surface area contributed by atoms with E-state index in [2.05, 4.69) is 21.6 Å². The van der Waals surface area contributed by atoms with Crippen molar-refractivity contribution < 1.29 is 22.7 Å². The number of rotatable bonds is 10. The number of carbonyl (C=O) groups is 1. The van der Waals surface area contributed by atoms with Gasteiger partial charge in [0.25, 0.3) is 5.91 Å². The summed E-state index contributed by atoms with van der Waals surface area (Å²) < 4.78 is 41.0. The van der Waals surface area contributed by atoms with E-state index in [1.165, 1.54) is 36.6 Å². The third kappa shape index (κ3) is 5.57. The number of aryl methyl sites for hydroxylation is 3. The minimum absolute atomic E-state index is 0.0798. The number of anilines is 1. The number of nitrogens with zero attached hydrogens (tertiary/aromatic N) is 5. The Labute approximate surface area is 291 Å². The van der Waals surface area contributed by atoms with Gasteiger partial charge in [0.15, 0.2) is 11.6 Å². The lowest BCUT2D eigenvalue weighted by atomic mass is 9.94. The van der Waals surface area contributed by atoms with Gasteiger partial charge < -0.3 is 19.4 Å². The zero-order chi connectivity index (χ0) is 34.5. The normalized spacial score (nSPS) is 15.2. The van der Waals surface area contributed by atoms with Crippen molar-refractivity contribution in [2.24, 2.45) is 0 Å². The van der Waals surface area contributed by atoms with Crippen LogP contribution in [-0.2, 0) is 25.8 Å². The molecule has 50 heavy (non-hydrogen) atoms. The minimum atomic E-state index is -0.366. The van der Waals surface area contributed by atoms with Gasteiger partial charge in [-0.1, -0.05) is 25.1 Å². The molecule has 1 atom stereocenters. The number of carbonyl (C=O) groups excluding carboxylic acids is 1. The topological polar surface area (TPSA) is 106 Å². The predicted octanol–water partition coefficient (Wildman–Crippen LogP) is 8.25. The van der Waals surface area contributed by atoms with Crippen LogP contribution in [-0.4, -0.2) is 44.6 Å². The number of ether oxygens (including phenoxy) is 1. The summed E-state index contributed by atoms with van der Waals surface area (Å²) in [7, 11) is 1.49. The molecule has 1 aliphatic carbocycles. The fourth-order valence-corrected chi connectivity index (χ4v) is 8.44. The Morgan fingerprint density at radius 1 is 1.08 bits per heavy atom. The first-order valence-electron chi connectivity index (χ1n) is 16.7. The lowest BCUT2D eigenvalue weighted by molar-refractivity contribution is 0.0778. The van der Waals surface area contributed by atoms with Gasteiger partial charge in [-0.3, -0.25) is 9.78 Å². The first-order chi connectivity index (χ1) is 24.3. The van der Waals surface area contributed by atoms with Crippen LogP contribution in [0.4, 0.5) is 14.6 Å². The van der Waals surface area contributed by atoms with Crippen LogP contribution < -0.4 is 10.1 Å². The summed E-state index contributed by atoms with van der Waals surface area (Å²) in [5, 5.41) is 13.1. The van der Waals surface area contributed by atoms with Crippen molar-refractivity contribution in [2.75, 3.05) is 19.0 Å². The summed E-state index contributed by atoms with van der Waals surface area (Å²) in [6.45, 7) is 4.77. The smallest absolute Gasteiger partial charge is 0.256 e. The molecule has 1 amide bonds. The monoisotopic (exact) mass is 692 g/mol. The molecule has 12 heteroatoms. The molecular formula is C38H34F2N6O3S. The number of amides is 1. The summed E-state index contributed by atoms with van der Waals surface area (Å²) in [5.41, 5.74) is 5.95. The standard InChI is InChI=1S/C38H34F2N6O3S/c1-4-16-46-19-29-32(38(46)47)33(31(37-45-44-20(2)49-37)28(42-29)12-8-21-6-5-7-23(39)17-21)30-18-22-14-15-41-36(35(22)50-30)43-27-13-10-25-24(27)9-11-26(40)34(25)48-3/h5-7,9,11,14-15,17-18,27H,4,8,10,12-13,16,19H2,1-3H3,(H,41,43). The Hall–Kier alpha value is -5.23. The molecule has 0 radical (unpaired) electrons. The van der Waals surface area contributed by atoms with Gasteiger partial charge >= 0.3 is 0 Å². The third-order valence-corrected chi connectivity index (χ3v) is 10.6. The van der Waals surface area contributed by atoms with Crippen molar-refractivity contribution in [1.29, 1.82) is 0 Å². The van der Waals surface area contributed by atoms with Crippen LogP contribution in [0.1, 0.15) is 70.1 Å². The average molecular weight is 693 g/mol. The Morgan fingerprint density at radius 3 is 2.74 bits per heavy atom. The van der Waals surface area contributed by atoms with Crippen LogP contribution in [0.2, 0.25) is 0 Å². The lowest BCUT2D eigenvalue weighted by Crippen LogP contribution is -2.24. The fraction of sp³-hybridized carbons (Fsp3) is 0.289. The van der Waals surface area contributed by atoms with Crippen molar-refractivity contribution >= 4 is 33.1 Å². The molecule has 0 saturated heterocycles. The number of nitrogens with one attached hydrogen (secondary N) is 1. The minimum Gasteiger partial charge on any atom is -0.493 e. The highest BCUT2D eigenvalue weighted by atomic mass is 32.1. The Bertz CT molecular complexity index is 2280. The second-order valence-electron chi connectivity index (χ2n) is 12.7.